The Labute approximate surface area is 274 Å². The van der Waals surface area contributed by atoms with Crippen molar-refractivity contribution in [2.75, 3.05) is 19.8 Å². The first-order valence-corrected chi connectivity index (χ1v) is 19.2. The molecule has 0 aliphatic carbocycles. The van der Waals surface area contributed by atoms with Crippen molar-refractivity contribution in [1.82, 2.24) is 5.32 Å². The smallest absolute Gasteiger partial charge is 0.393 e. The molecule has 10 heteroatoms. The molecular weight excluding hydrogens is 591 g/mol. The number of carbonyl (C=O) groups is 1. The highest BCUT2D eigenvalue weighted by Gasteiger charge is 2.27. The molecule has 6 N–H and O–H groups in total. The number of hydrogen-bond donors (Lipinski definition) is 5. The maximum absolute atomic E-state index is 12.7. The molecule has 0 radical (unpaired) electrons. The van der Waals surface area contributed by atoms with E-state index in [4.69, 9.17) is 14.8 Å². The molecule has 9 nitrogen and oxygen atoms in total. The van der Waals surface area contributed by atoms with E-state index in [0.717, 1.165) is 51.4 Å². The van der Waals surface area contributed by atoms with Crippen LogP contribution in [0.1, 0.15) is 142 Å². The summed E-state index contributed by atoms with van der Waals surface area (Å²) in [7, 11) is -4.40. The number of allylic oxidation sites excluding steroid dienone is 5. The van der Waals surface area contributed by atoms with Crippen molar-refractivity contribution < 1.29 is 33.5 Å². The second kappa shape index (κ2) is 31.3. The van der Waals surface area contributed by atoms with E-state index >= 15 is 0 Å². The van der Waals surface area contributed by atoms with Gasteiger partial charge in [-0.15, -0.1) is 0 Å². The first-order valence-electron chi connectivity index (χ1n) is 17.7. The predicted molar refractivity (Wildman–Crippen MR) is 186 cm³/mol. The van der Waals surface area contributed by atoms with E-state index in [9.17, 15) is 24.5 Å². The number of nitrogens with two attached hydrogens (primary N) is 1. The highest BCUT2D eigenvalue weighted by Crippen LogP contribution is 2.43. The Morgan fingerprint density at radius 1 is 0.756 bits per heavy atom. The zero-order chi connectivity index (χ0) is 33.4. The van der Waals surface area contributed by atoms with E-state index in [0.29, 0.717) is 12.8 Å². The van der Waals surface area contributed by atoms with E-state index in [2.05, 4.69) is 43.5 Å². The topological polar surface area (TPSA) is 151 Å². The van der Waals surface area contributed by atoms with Gasteiger partial charge in [-0.2, -0.15) is 0 Å². The molecule has 45 heavy (non-hydrogen) atoms. The van der Waals surface area contributed by atoms with Crippen LogP contribution in [0.25, 0.3) is 0 Å². The van der Waals surface area contributed by atoms with Crippen molar-refractivity contribution >= 4 is 13.7 Å². The third kappa shape index (κ3) is 29.8. The van der Waals surface area contributed by atoms with Gasteiger partial charge in [-0.1, -0.05) is 134 Å². The summed E-state index contributed by atoms with van der Waals surface area (Å²) >= 11 is 0. The van der Waals surface area contributed by atoms with Gasteiger partial charge in [0.05, 0.1) is 37.9 Å². The summed E-state index contributed by atoms with van der Waals surface area (Å²) in [4.78, 5) is 22.6. The fourth-order valence-electron chi connectivity index (χ4n) is 4.80. The highest BCUT2D eigenvalue weighted by molar-refractivity contribution is 7.47. The average molecular weight is 659 g/mol. The molecule has 1 amide bonds. The van der Waals surface area contributed by atoms with Gasteiger partial charge in [0.25, 0.3) is 0 Å². The minimum Gasteiger partial charge on any atom is -0.393 e. The van der Waals surface area contributed by atoms with Crippen molar-refractivity contribution in [3.05, 3.63) is 36.5 Å². The molecule has 0 fully saturated rings. The average Bonchev–Trinajstić information content (AvgIpc) is 3.01. The van der Waals surface area contributed by atoms with Gasteiger partial charge in [0.15, 0.2) is 0 Å². The van der Waals surface area contributed by atoms with Crippen LogP contribution in [0, 0.1) is 0 Å². The van der Waals surface area contributed by atoms with Crippen LogP contribution in [0.2, 0.25) is 0 Å². The number of rotatable bonds is 32. The molecule has 0 aromatic rings. The Kier molecular flexibility index (Phi) is 30.4. The lowest BCUT2D eigenvalue weighted by Gasteiger charge is -2.24. The highest BCUT2D eigenvalue weighted by atomic mass is 31.2. The monoisotopic (exact) mass is 658 g/mol. The van der Waals surface area contributed by atoms with Crippen LogP contribution < -0.4 is 11.1 Å². The molecule has 0 aliphatic rings. The maximum Gasteiger partial charge on any atom is 0.472 e. The molecule has 4 unspecified atom stereocenters. The SMILES string of the molecule is CCC/C=C/CC/C=C/CC/C=C/C(O)C(COP(=O)(O)OCCN)NC(=O)CC(O)CCCCCCCCCCCCCC. The lowest BCUT2D eigenvalue weighted by atomic mass is 10.0. The normalized spacial score (nSPS) is 15.6. The first-order chi connectivity index (χ1) is 21.8. The Morgan fingerprint density at radius 3 is 1.80 bits per heavy atom. The predicted octanol–water partition coefficient (Wildman–Crippen LogP) is 7.80. The minimum atomic E-state index is -4.40. The Hall–Kier alpha value is -1.32. The van der Waals surface area contributed by atoms with Crippen molar-refractivity contribution in [3.8, 4) is 0 Å². The van der Waals surface area contributed by atoms with E-state index in [-0.39, 0.29) is 19.6 Å². The second-order valence-corrected chi connectivity index (χ2v) is 13.4. The maximum atomic E-state index is 12.7. The van der Waals surface area contributed by atoms with Crippen LogP contribution >= 0.6 is 7.82 Å². The molecule has 0 bridgehead atoms. The summed E-state index contributed by atoms with van der Waals surface area (Å²) in [5.74, 6) is -0.464. The van der Waals surface area contributed by atoms with E-state index in [1.54, 1.807) is 12.2 Å². The second-order valence-electron chi connectivity index (χ2n) is 11.9. The number of phosphoric acid groups is 1. The summed E-state index contributed by atoms with van der Waals surface area (Å²) in [6.45, 7) is 3.83. The Morgan fingerprint density at radius 2 is 1.27 bits per heavy atom. The lowest BCUT2D eigenvalue weighted by Crippen LogP contribution is -2.46. The van der Waals surface area contributed by atoms with Crippen LogP contribution in [0.5, 0.6) is 0 Å². The summed E-state index contributed by atoms with van der Waals surface area (Å²) in [5.41, 5.74) is 5.33. The largest absolute Gasteiger partial charge is 0.472 e. The van der Waals surface area contributed by atoms with Crippen molar-refractivity contribution in [2.24, 2.45) is 5.73 Å². The van der Waals surface area contributed by atoms with Gasteiger partial charge in [0.1, 0.15) is 0 Å². The number of phosphoric ester groups is 1. The fourth-order valence-corrected chi connectivity index (χ4v) is 5.56. The summed E-state index contributed by atoms with van der Waals surface area (Å²) in [6.07, 6.45) is 30.9. The lowest BCUT2D eigenvalue weighted by molar-refractivity contribution is -0.124. The zero-order valence-corrected chi connectivity index (χ0v) is 29.4. The van der Waals surface area contributed by atoms with Crippen molar-refractivity contribution in [1.29, 1.82) is 0 Å². The molecule has 0 saturated heterocycles. The number of aliphatic hydroxyl groups is 2. The van der Waals surface area contributed by atoms with Gasteiger partial charge in [-0.25, -0.2) is 4.57 Å². The van der Waals surface area contributed by atoms with Crippen LogP contribution in [-0.2, 0) is 18.4 Å². The van der Waals surface area contributed by atoms with Gasteiger partial charge < -0.3 is 26.2 Å². The van der Waals surface area contributed by atoms with Gasteiger partial charge in [-0.3, -0.25) is 13.8 Å². The van der Waals surface area contributed by atoms with Gasteiger partial charge in [0.2, 0.25) is 5.91 Å². The molecule has 0 heterocycles. The molecule has 0 saturated carbocycles. The number of nitrogens with one attached hydrogen (secondary N) is 1. The summed E-state index contributed by atoms with van der Waals surface area (Å²) in [6, 6.07) is -1.00. The van der Waals surface area contributed by atoms with Crippen LogP contribution in [0.3, 0.4) is 0 Å². The molecule has 0 aromatic heterocycles. The fraction of sp³-hybridized carbons (Fsp3) is 0.800. The molecule has 0 rings (SSSR count). The summed E-state index contributed by atoms with van der Waals surface area (Å²) in [5, 5.41) is 23.8. The van der Waals surface area contributed by atoms with E-state index in [1.165, 1.54) is 57.8 Å². The van der Waals surface area contributed by atoms with Gasteiger partial charge in [0, 0.05) is 6.54 Å². The summed E-state index contributed by atoms with van der Waals surface area (Å²) < 4.78 is 21.9. The van der Waals surface area contributed by atoms with Crippen LogP contribution in [-0.4, -0.2) is 59.0 Å². The van der Waals surface area contributed by atoms with Gasteiger partial charge in [-0.05, 0) is 38.5 Å². The molecule has 264 valence electrons. The van der Waals surface area contributed by atoms with Crippen molar-refractivity contribution in [3.63, 3.8) is 0 Å². The quantitative estimate of drug-likeness (QED) is 0.0279. The van der Waals surface area contributed by atoms with Gasteiger partial charge >= 0.3 is 7.82 Å². The molecule has 0 aliphatic heterocycles. The number of amides is 1. The number of hydrogen-bond acceptors (Lipinski definition) is 7. The first kappa shape index (κ1) is 43.7. The molecule has 0 spiro atoms. The van der Waals surface area contributed by atoms with Crippen molar-refractivity contribution in [2.45, 2.75) is 161 Å². The van der Waals surface area contributed by atoms with Crippen LogP contribution in [0.4, 0.5) is 0 Å². The third-order valence-corrected chi connectivity index (χ3v) is 8.47. The van der Waals surface area contributed by atoms with E-state index < -0.39 is 38.6 Å². The molecule has 0 aromatic carbocycles. The molecule has 4 atom stereocenters. The Balaban J connectivity index is 4.54. The van der Waals surface area contributed by atoms with Crippen LogP contribution in [0.15, 0.2) is 36.5 Å². The van der Waals surface area contributed by atoms with E-state index in [1.807, 2.05) is 0 Å². The number of unbranched alkanes of at least 4 members (excludes halogenated alkanes) is 14. The minimum absolute atomic E-state index is 0.0422. The third-order valence-electron chi connectivity index (χ3n) is 7.48. The Bertz CT molecular complexity index is 822. The number of carbonyl (C=O) groups excluding carboxylic acids is 1. The standard InChI is InChI=1S/C35H67N2O7P/c1-3-5-7-9-11-13-15-17-18-20-22-24-26-32(38)30-35(40)37-33(31-44-45(41,42)43-29-28-36)34(39)27-25-23-21-19-16-14-12-10-8-6-4-2/h8,10,16,19,25,27,32-34,38-39H,3-7,9,11-15,17-18,20-24,26,28-31,36H2,1-2H3,(H,37,40)(H,41,42)/b10-8+,19-16+,27-25+. The zero-order valence-electron chi connectivity index (χ0n) is 28.5. The number of aliphatic hydroxyl groups excluding tert-OH is 2. The molecular formula is C35H67N2O7P.